The fourth-order valence-corrected chi connectivity index (χ4v) is 3.14. The molecule has 1 aliphatic heterocycles. The average molecular weight is 383 g/mol. The molecule has 8 nitrogen and oxygen atoms in total. The van der Waals surface area contributed by atoms with Crippen molar-refractivity contribution < 1.29 is 14.6 Å². The van der Waals surface area contributed by atoms with E-state index in [1.165, 1.54) is 0 Å². The summed E-state index contributed by atoms with van der Waals surface area (Å²) in [5.74, 6) is 0.496. The number of nitrogens with zero attached hydrogens (tertiary/aromatic N) is 3. The summed E-state index contributed by atoms with van der Waals surface area (Å²) >= 11 is 0. The number of aliphatic hydroxyl groups is 1. The number of hydrogen-bond donors (Lipinski definition) is 3. The van der Waals surface area contributed by atoms with E-state index in [1.807, 2.05) is 29.2 Å². The maximum atomic E-state index is 11.7. The van der Waals surface area contributed by atoms with Gasteiger partial charge in [-0.2, -0.15) is 0 Å². The molecule has 148 valence electrons. The van der Waals surface area contributed by atoms with Gasteiger partial charge in [0.1, 0.15) is 5.78 Å². The van der Waals surface area contributed by atoms with Crippen LogP contribution >= 0.6 is 0 Å². The summed E-state index contributed by atoms with van der Waals surface area (Å²) < 4.78 is 5.46. The van der Waals surface area contributed by atoms with Gasteiger partial charge in [-0.25, -0.2) is 9.97 Å². The molecule has 1 aromatic carbocycles. The first-order valence-electron chi connectivity index (χ1n) is 9.28. The Morgan fingerprint density at radius 1 is 1.32 bits per heavy atom. The third-order valence-electron chi connectivity index (χ3n) is 4.60. The first-order valence-corrected chi connectivity index (χ1v) is 9.28. The minimum Gasteiger partial charge on any atom is -0.394 e. The Kier molecular flexibility index (Phi) is 6.67. The highest BCUT2D eigenvalue weighted by molar-refractivity contribution is 5.98. The fraction of sp³-hybridized carbons (Fsp3) is 0.400. The van der Waals surface area contributed by atoms with Crippen LogP contribution in [0.1, 0.15) is 18.4 Å². The van der Waals surface area contributed by atoms with Gasteiger partial charge in [0.25, 0.3) is 0 Å². The molecule has 0 aliphatic carbocycles. The molecule has 2 aromatic rings. The number of Topliss-reactive ketones (excluding diaryl/α,β-unsaturated/α-hetero) is 1. The van der Waals surface area contributed by atoms with Gasteiger partial charge >= 0.3 is 0 Å². The molecular weight excluding hydrogens is 358 g/mol. The van der Waals surface area contributed by atoms with Crippen LogP contribution in [0.5, 0.6) is 0 Å². The van der Waals surface area contributed by atoms with E-state index in [0.29, 0.717) is 38.5 Å². The Morgan fingerprint density at radius 3 is 2.82 bits per heavy atom. The minimum atomic E-state index is -0.209. The van der Waals surface area contributed by atoms with Gasteiger partial charge in [-0.3, -0.25) is 10.2 Å². The second-order valence-corrected chi connectivity index (χ2v) is 6.83. The number of aliphatic hydroxyl groups excluding tert-OH is 1. The zero-order valence-electron chi connectivity index (χ0n) is 15.7. The van der Waals surface area contributed by atoms with Crippen LogP contribution in [0, 0.1) is 5.41 Å². The first kappa shape index (κ1) is 19.9. The molecule has 4 N–H and O–H groups in total. The number of aromatic nitrogens is 2. The Bertz CT molecular complexity index is 825. The quantitative estimate of drug-likeness (QED) is 0.461. The predicted molar refractivity (Wildman–Crippen MR) is 106 cm³/mol. The normalized spacial score (nSPS) is 16.8. The SMILES string of the molecule is N=C(N)CC(=O)CCc1cccc(-c2cnc(N3CCOC(CO)C3)nc2)c1. The van der Waals surface area contributed by atoms with Gasteiger partial charge in [-0.05, 0) is 17.5 Å². The van der Waals surface area contributed by atoms with Crippen molar-refractivity contribution in [1.82, 2.24) is 9.97 Å². The van der Waals surface area contributed by atoms with Crippen LogP contribution in [0.15, 0.2) is 36.7 Å². The summed E-state index contributed by atoms with van der Waals surface area (Å²) in [7, 11) is 0. The van der Waals surface area contributed by atoms with E-state index in [4.69, 9.17) is 15.9 Å². The zero-order valence-corrected chi connectivity index (χ0v) is 15.7. The van der Waals surface area contributed by atoms with Crippen LogP contribution in [0.3, 0.4) is 0 Å². The highest BCUT2D eigenvalue weighted by atomic mass is 16.5. The highest BCUT2D eigenvalue weighted by Crippen LogP contribution is 2.22. The molecule has 1 unspecified atom stereocenters. The average Bonchev–Trinajstić information content (AvgIpc) is 2.72. The number of aryl methyl sites for hydroxylation is 1. The second kappa shape index (κ2) is 9.38. The number of carbonyl (C=O) groups is 1. The predicted octanol–water partition coefficient (Wildman–Crippen LogP) is 1.17. The van der Waals surface area contributed by atoms with Crippen LogP contribution < -0.4 is 10.6 Å². The Labute approximate surface area is 163 Å². The molecule has 1 aliphatic rings. The van der Waals surface area contributed by atoms with E-state index >= 15 is 0 Å². The molecular formula is C20H25N5O3. The molecule has 28 heavy (non-hydrogen) atoms. The third kappa shape index (κ3) is 5.34. The van der Waals surface area contributed by atoms with Crippen molar-refractivity contribution in [2.24, 2.45) is 5.73 Å². The molecule has 0 amide bonds. The van der Waals surface area contributed by atoms with Crippen molar-refractivity contribution >= 4 is 17.6 Å². The topological polar surface area (TPSA) is 125 Å². The molecule has 2 heterocycles. The fourth-order valence-electron chi connectivity index (χ4n) is 3.14. The summed E-state index contributed by atoms with van der Waals surface area (Å²) in [5.41, 5.74) is 8.19. The van der Waals surface area contributed by atoms with Gasteiger partial charge in [-0.1, -0.05) is 24.3 Å². The molecule has 3 rings (SSSR count). The number of benzene rings is 1. The molecule has 1 atom stereocenters. The summed E-state index contributed by atoms with van der Waals surface area (Å²) in [4.78, 5) is 22.7. The number of hydrogen-bond acceptors (Lipinski definition) is 7. The summed E-state index contributed by atoms with van der Waals surface area (Å²) in [6.07, 6.45) is 4.33. The lowest BCUT2D eigenvalue weighted by atomic mass is 10.0. The van der Waals surface area contributed by atoms with Gasteiger partial charge in [-0.15, -0.1) is 0 Å². The van der Waals surface area contributed by atoms with E-state index in [-0.39, 0.29) is 30.8 Å². The minimum absolute atomic E-state index is 0.00761. The largest absolute Gasteiger partial charge is 0.394 e. The number of amidine groups is 1. The molecule has 0 spiro atoms. The lowest BCUT2D eigenvalue weighted by molar-refractivity contribution is -0.117. The molecule has 1 aromatic heterocycles. The van der Waals surface area contributed by atoms with E-state index in [0.717, 1.165) is 16.7 Å². The number of nitrogens with two attached hydrogens (primary N) is 1. The standard InChI is InChI=1S/C20H25N5O3/c21-19(22)9-17(27)5-4-14-2-1-3-15(8-14)16-10-23-20(24-11-16)25-6-7-28-18(12-25)13-26/h1-3,8,10-11,18,26H,4-7,9,12-13H2,(H3,21,22). The lowest BCUT2D eigenvalue weighted by Crippen LogP contribution is -2.44. The van der Waals surface area contributed by atoms with Crippen molar-refractivity contribution in [3.05, 3.63) is 42.2 Å². The zero-order chi connectivity index (χ0) is 19.9. The lowest BCUT2D eigenvalue weighted by Gasteiger charge is -2.31. The van der Waals surface area contributed by atoms with Crippen LogP contribution in [0.4, 0.5) is 5.95 Å². The van der Waals surface area contributed by atoms with E-state index < -0.39 is 0 Å². The van der Waals surface area contributed by atoms with Gasteiger partial charge < -0.3 is 20.5 Å². The smallest absolute Gasteiger partial charge is 0.225 e. The van der Waals surface area contributed by atoms with Crippen LogP contribution in [-0.4, -0.2) is 59.1 Å². The van der Waals surface area contributed by atoms with Crippen LogP contribution in [-0.2, 0) is 16.0 Å². The number of morpholine rings is 1. The maximum Gasteiger partial charge on any atom is 0.225 e. The second-order valence-electron chi connectivity index (χ2n) is 6.83. The third-order valence-corrected chi connectivity index (χ3v) is 4.60. The Balaban J connectivity index is 1.65. The van der Waals surface area contributed by atoms with Gasteiger partial charge in [0.2, 0.25) is 5.95 Å². The van der Waals surface area contributed by atoms with Crippen molar-refractivity contribution in [3.8, 4) is 11.1 Å². The van der Waals surface area contributed by atoms with Gasteiger partial charge in [0.05, 0.1) is 31.6 Å². The van der Waals surface area contributed by atoms with E-state index in [9.17, 15) is 9.90 Å². The van der Waals surface area contributed by atoms with Crippen LogP contribution in [0.25, 0.3) is 11.1 Å². The summed E-state index contributed by atoms with van der Waals surface area (Å²) in [6, 6.07) is 7.93. The number of ketones is 1. The number of carbonyl (C=O) groups excluding carboxylic acids is 1. The van der Waals surface area contributed by atoms with Gasteiger partial charge in [0, 0.05) is 37.5 Å². The van der Waals surface area contributed by atoms with Crippen molar-refractivity contribution in [2.75, 3.05) is 31.2 Å². The first-order chi connectivity index (χ1) is 13.5. The van der Waals surface area contributed by atoms with Crippen molar-refractivity contribution in [2.45, 2.75) is 25.4 Å². The van der Waals surface area contributed by atoms with E-state index in [2.05, 4.69) is 9.97 Å². The van der Waals surface area contributed by atoms with Gasteiger partial charge in [0.15, 0.2) is 0 Å². The molecule has 0 saturated carbocycles. The summed E-state index contributed by atoms with van der Waals surface area (Å²) in [5, 5.41) is 16.5. The monoisotopic (exact) mass is 383 g/mol. The van der Waals surface area contributed by atoms with Crippen molar-refractivity contribution in [1.29, 1.82) is 5.41 Å². The number of ether oxygens (including phenoxy) is 1. The number of rotatable bonds is 8. The number of anilines is 1. The molecule has 1 fully saturated rings. The van der Waals surface area contributed by atoms with Crippen LogP contribution in [0.2, 0.25) is 0 Å². The van der Waals surface area contributed by atoms with E-state index in [1.54, 1.807) is 12.4 Å². The molecule has 0 bridgehead atoms. The molecule has 1 saturated heterocycles. The summed E-state index contributed by atoms with van der Waals surface area (Å²) in [6.45, 7) is 1.79. The molecule has 0 radical (unpaired) electrons. The number of nitrogens with one attached hydrogen (secondary N) is 1. The Morgan fingerprint density at radius 2 is 2.11 bits per heavy atom. The highest BCUT2D eigenvalue weighted by Gasteiger charge is 2.21. The Hall–Kier alpha value is -2.84. The maximum absolute atomic E-state index is 11.7. The molecule has 8 heteroatoms. The van der Waals surface area contributed by atoms with Crippen molar-refractivity contribution in [3.63, 3.8) is 0 Å².